The fraction of sp³-hybridized carbons (Fsp3) is 0.667. The van der Waals surface area contributed by atoms with Gasteiger partial charge in [0.05, 0.1) is 12.7 Å². The smallest absolute Gasteiger partial charge is 0.221 e. The Morgan fingerprint density at radius 2 is 2.18 bits per heavy atom. The van der Waals surface area contributed by atoms with Gasteiger partial charge >= 0.3 is 0 Å². The maximum Gasteiger partial charge on any atom is 0.221 e. The van der Waals surface area contributed by atoms with E-state index in [1.54, 1.807) is 13.4 Å². The summed E-state index contributed by atoms with van der Waals surface area (Å²) in [6.45, 7) is 3.04. The van der Waals surface area contributed by atoms with Gasteiger partial charge in [-0.05, 0) is 25.7 Å². The van der Waals surface area contributed by atoms with Gasteiger partial charge in [0.25, 0.3) is 0 Å². The number of hydrogen-bond acceptors (Lipinski definition) is 4. The van der Waals surface area contributed by atoms with Crippen molar-refractivity contribution >= 4 is 21.7 Å². The molecular formula is C12H18BrN3O. The number of rotatable bonds is 4. The molecule has 1 aliphatic carbocycles. The predicted octanol–water partition coefficient (Wildman–Crippen LogP) is 2.40. The first-order valence-electron chi connectivity index (χ1n) is 5.82. The lowest BCUT2D eigenvalue weighted by molar-refractivity contribution is 0.338. The molecule has 4 nitrogen and oxygen atoms in total. The molecule has 1 heterocycles. The van der Waals surface area contributed by atoms with Crippen molar-refractivity contribution in [2.75, 3.05) is 25.6 Å². The van der Waals surface area contributed by atoms with E-state index >= 15 is 0 Å². The molecule has 0 amide bonds. The lowest BCUT2D eigenvalue weighted by Crippen LogP contribution is -2.35. The van der Waals surface area contributed by atoms with Crippen molar-refractivity contribution in [3.8, 4) is 5.88 Å². The Balaban J connectivity index is 2.05. The second-order valence-corrected chi connectivity index (χ2v) is 5.94. The minimum atomic E-state index is 0.661. The van der Waals surface area contributed by atoms with E-state index in [0.717, 1.165) is 23.8 Å². The van der Waals surface area contributed by atoms with E-state index in [0.29, 0.717) is 10.7 Å². The lowest BCUT2D eigenvalue weighted by Gasteiger charge is -2.35. The maximum absolute atomic E-state index is 5.21. The molecule has 0 saturated heterocycles. The van der Waals surface area contributed by atoms with E-state index in [2.05, 4.69) is 37.8 Å². The first-order chi connectivity index (χ1) is 8.11. The molecule has 0 spiro atoms. The summed E-state index contributed by atoms with van der Waals surface area (Å²) in [5.74, 6) is 2.40. The van der Waals surface area contributed by atoms with Crippen molar-refractivity contribution < 1.29 is 4.74 Å². The number of nitrogens with zero attached hydrogens (tertiary/aromatic N) is 3. The molecule has 2 rings (SSSR count). The van der Waals surface area contributed by atoms with Crippen LogP contribution in [0.25, 0.3) is 0 Å². The standard InChI is InChI=1S/C12H18BrN3O/c1-8-11(14-7-15-12(8)17-3)16(2)6-9-4-10(13)5-9/h7,9-10H,4-6H2,1-3H3. The van der Waals surface area contributed by atoms with Crippen LogP contribution in [-0.4, -0.2) is 35.5 Å². The lowest BCUT2D eigenvalue weighted by atomic mass is 9.85. The highest BCUT2D eigenvalue weighted by molar-refractivity contribution is 9.09. The summed E-state index contributed by atoms with van der Waals surface area (Å²) in [6.07, 6.45) is 4.07. The van der Waals surface area contributed by atoms with Crippen LogP contribution in [-0.2, 0) is 0 Å². The molecule has 0 atom stereocenters. The first-order valence-corrected chi connectivity index (χ1v) is 6.74. The molecule has 5 heteroatoms. The summed E-state index contributed by atoms with van der Waals surface area (Å²) in [5.41, 5.74) is 1.01. The molecule has 94 valence electrons. The van der Waals surface area contributed by atoms with E-state index in [9.17, 15) is 0 Å². The third kappa shape index (κ3) is 2.70. The van der Waals surface area contributed by atoms with Crippen molar-refractivity contribution in [1.29, 1.82) is 0 Å². The highest BCUT2D eigenvalue weighted by atomic mass is 79.9. The van der Waals surface area contributed by atoms with E-state index in [-0.39, 0.29) is 0 Å². The molecule has 0 bridgehead atoms. The number of hydrogen-bond donors (Lipinski definition) is 0. The highest BCUT2D eigenvalue weighted by Gasteiger charge is 2.28. The van der Waals surface area contributed by atoms with Crippen LogP contribution in [0.1, 0.15) is 18.4 Å². The zero-order valence-electron chi connectivity index (χ0n) is 10.5. The molecule has 1 fully saturated rings. The van der Waals surface area contributed by atoms with Crippen LogP contribution < -0.4 is 9.64 Å². The molecule has 1 saturated carbocycles. The number of halogens is 1. The third-order valence-electron chi connectivity index (χ3n) is 3.28. The van der Waals surface area contributed by atoms with Crippen LogP contribution in [0.3, 0.4) is 0 Å². The second kappa shape index (κ2) is 5.21. The summed E-state index contributed by atoms with van der Waals surface area (Å²) in [7, 11) is 3.72. The van der Waals surface area contributed by atoms with Crippen LogP contribution in [0.4, 0.5) is 5.82 Å². The van der Waals surface area contributed by atoms with Crippen LogP contribution in [0.5, 0.6) is 5.88 Å². The Morgan fingerprint density at radius 1 is 1.47 bits per heavy atom. The molecular weight excluding hydrogens is 282 g/mol. The van der Waals surface area contributed by atoms with Gasteiger partial charge in [0.1, 0.15) is 12.1 Å². The Hall–Kier alpha value is -0.840. The van der Waals surface area contributed by atoms with Crippen LogP contribution in [0, 0.1) is 12.8 Å². The molecule has 1 aromatic heterocycles. The summed E-state index contributed by atoms with van der Waals surface area (Å²) in [5, 5.41) is 0. The topological polar surface area (TPSA) is 38.3 Å². The molecule has 1 aromatic rings. The van der Waals surface area contributed by atoms with Gasteiger partial charge in [0.15, 0.2) is 0 Å². The van der Waals surface area contributed by atoms with Crippen molar-refractivity contribution in [2.45, 2.75) is 24.6 Å². The molecule has 0 unspecified atom stereocenters. The van der Waals surface area contributed by atoms with E-state index in [1.165, 1.54) is 12.8 Å². The van der Waals surface area contributed by atoms with Gasteiger partial charge < -0.3 is 9.64 Å². The molecule has 0 aromatic carbocycles. The fourth-order valence-corrected chi connectivity index (χ4v) is 3.35. The van der Waals surface area contributed by atoms with Gasteiger partial charge in [-0.3, -0.25) is 0 Å². The van der Waals surface area contributed by atoms with E-state index in [1.807, 2.05) is 6.92 Å². The maximum atomic E-state index is 5.21. The van der Waals surface area contributed by atoms with Gasteiger partial charge in [-0.25, -0.2) is 9.97 Å². The second-order valence-electron chi connectivity index (χ2n) is 4.65. The van der Waals surface area contributed by atoms with E-state index in [4.69, 9.17) is 4.74 Å². The van der Waals surface area contributed by atoms with Gasteiger partial charge in [-0.2, -0.15) is 0 Å². The van der Waals surface area contributed by atoms with E-state index < -0.39 is 0 Å². The average molecular weight is 300 g/mol. The van der Waals surface area contributed by atoms with Crippen LogP contribution in [0.15, 0.2) is 6.33 Å². The first kappa shape index (κ1) is 12.6. The minimum Gasteiger partial charge on any atom is -0.481 e. The summed E-state index contributed by atoms with van der Waals surface area (Å²) in [4.78, 5) is 11.3. The van der Waals surface area contributed by atoms with Crippen molar-refractivity contribution in [1.82, 2.24) is 9.97 Å². The van der Waals surface area contributed by atoms with Gasteiger partial charge in [-0.1, -0.05) is 15.9 Å². The van der Waals surface area contributed by atoms with Crippen LogP contribution >= 0.6 is 15.9 Å². The number of aromatic nitrogens is 2. The number of alkyl halides is 1. The van der Waals surface area contributed by atoms with Crippen LogP contribution in [0.2, 0.25) is 0 Å². The van der Waals surface area contributed by atoms with Gasteiger partial charge in [0.2, 0.25) is 5.88 Å². The summed E-state index contributed by atoms with van der Waals surface area (Å²) in [6, 6.07) is 0. The van der Waals surface area contributed by atoms with Gasteiger partial charge in [-0.15, -0.1) is 0 Å². The molecule has 0 aliphatic heterocycles. The fourth-order valence-electron chi connectivity index (χ4n) is 2.29. The Labute approximate surface area is 111 Å². The molecule has 0 N–H and O–H groups in total. The minimum absolute atomic E-state index is 0.661. The molecule has 17 heavy (non-hydrogen) atoms. The SMILES string of the molecule is COc1ncnc(N(C)CC2CC(Br)C2)c1C. The third-order valence-corrected chi connectivity index (χ3v) is 4.02. The largest absolute Gasteiger partial charge is 0.481 e. The Kier molecular flexibility index (Phi) is 3.86. The molecule has 0 radical (unpaired) electrons. The highest BCUT2D eigenvalue weighted by Crippen LogP contribution is 2.34. The normalized spacial score (nSPS) is 23.1. The summed E-state index contributed by atoms with van der Waals surface area (Å²) < 4.78 is 5.21. The predicted molar refractivity (Wildman–Crippen MR) is 72.0 cm³/mol. The monoisotopic (exact) mass is 299 g/mol. The zero-order chi connectivity index (χ0) is 12.4. The Morgan fingerprint density at radius 3 is 2.76 bits per heavy atom. The number of anilines is 1. The van der Waals surface area contributed by atoms with Crippen molar-refractivity contribution in [3.63, 3.8) is 0 Å². The van der Waals surface area contributed by atoms with Crippen molar-refractivity contribution in [3.05, 3.63) is 11.9 Å². The number of methoxy groups -OCH3 is 1. The molecule has 1 aliphatic rings. The number of ether oxygens (including phenoxy) is 1. The zero-order valence-corrected chi connectivity index (χ0v) is 12.1. The summed E-state index contributed by atoms with van der Waals surface area (Å²) >= 11 is 3.62. The van der Waals surface area contributed by atoms with Gasteiger partial charge in [0, 0.05) is 18.4 Å². The average Bonchev–Trinajstić information content (AvgIpc) is 2.27. The Bertz CT molecular complexity index is 393. The van der Waals surface area contributed by atoms with Crippen molar-refractivity contribution in [2.24, 2.45) is 5.92 Å². The quantitative estimate of drug-likeness (QED) is 0.800.